The van der Waals surface area contributed by atoms with Crippen LogP contribution >= 0.6 is 0 Å². The Bertz CT molecular complexity index is 1090. The molecule has 3 aromatic rings. The number of benzene rings is 2. The summed E-state index contributed by atoms with van der Waals surface area (Å²) in [6.07, 6.45) is 5.58. The number of amides is 1. The van der Waals surface area contributed by atoms with E-state index in [0.29, 0.717) is 17.0 Å². The quantitative estimate of drug-likeness (QED) is 0.738. The van der Waals surface area contributed by atoms with Gasteiger partial charge in [-0.3, -0.25) is 9.36 Å². The molecule has 150 valence electrons. The average Bonchev–Trinajstić information content (AvgIpc) is 3.10. The summed E-state index contributed by atoms with van der Waals surface area (Å²) in [4.78, 5) is 19.7. The largest absolute Gasteiger partial charge is 0.352 e. The number of rotatable bonds is 4. The fraction of sp³-hybridized carbons (Fsp3) is 0.417. The summed E-state index contributed by atoms with van der Waals surface area (Å²) in [6, 6.07) is 12.2. The monoisotopic (exact) mass is 388 g/mol. The molecule has 1 amide bonds. The molecule has 5 nitrogen and oxygen atoms in total. The number of carbonyl (C=O) groups excluding carboxylic acids is 1. The molecule has 0 unspecified atom stereocenters. The maximum absolute atomic E-state index is 12.7. The van der Waals surface area contributed by atoms with E-state index in [2.05, 4.69) is 58.9 Å². The van der Waals surface area contributed by atoms with Crippen LogP contribution in [0, 0.1) is 19.8 Å². The summed E-state index contributed by atoms with van der Waals surface area (Å²) >= 11 is 0. The first kappa shape index (κ1) is 18.4. The normalized spacial score (nSPS) is 23.8. The SMILES string of the molecule is Cc1ccc(C)c(-n2cnc3cc(C(=O)NCC4CC5(CCN5C)C4)ccc32)c1. The summed E-state index contributed by atoms with van der Waals surface area (Å²) in [5.41, 5.74) is 6.54. The Balaban J connectivity index is 1.29. The van der Waals surface area contributed by atoms with Crippen LogP contribution in [0.4, 0.5) is 0 Å². The van der Waals surface area contributed by atoms with Crippen LogP contribution in [0.2, 0.25) is 0 Å². The maximum atomic E-state index is 12.7. The zero-order chi connectivity index (χ0) is 20.2. The second kappa shape index (κ2) is 6.70. The van der Waals surface area contributed by atoms with Crippen LogP contribution in [-0.4, -0.2) is 46.0 Å². The van der Waals surface area contributed by atoms with Gasteiger partial charge in [-0.15, -0.1) is 0 Å². The number of aryl methyl sites for hydroxylation is 2. The highest BCUT2D eigenvalue weighted by Gasteiger charge is 2.51. The molecule has 2 heterocycles. The Hall–Kier alpha value is -2.66. The maximum Gasteiger partial charge on any atom is 0.251 e. The van der Waals surface area contributed by atoms with Crippen molar-refractivity contribution in [3.8, 4) is 5.69 Å². The van der Waals surface area contributed by atoms with Gasteiger partial charge in [0.25, 0.3) is 5.91 Å². The third-order valence-corrected chi connectivity index (χ3v) is 7.04. The van der Waals surface area contributed by atoms with Crippen LogP contribution in [0.15, 0.2) is 42.7 Å². The highest BCUT2D eigenvalue weighted by Crippen LogP contribution is 2.49. The third-order valence-electron chi connectivity index (χ3n) is 7.04. The molecule has 1 aliphatic heterocycles. The number of hydrogen-bond donors (Lipinski definition) is 1. The van der Waals surface area contributed by atoms with Gasteiger partial charge in [0, 0.05) is 24.2 Å². The van der Waals surface area contributed by atoms with E-state index in [1.165, 1.54) is 36.9 Å². The summed E-state index contributed by atoms with van der Waals surface area (Å²) in [5, 5.41) is 3.13. The lowest BCUT2D eigenvalue weighted by atomic mass is 9.62. The van der Waals surface area contributed by atoms with Crippen LogP contribution in [0.5, 0.6) is 0 Å². The number of fused-ring (bicyclic) bond motifs is 1. The summed E-state index contributed by atoms with van der Waals surface area (Å²) in [7, 11) is 2.21. The van der Waals surface area contributed by atoms with Crippen molar-refractivity contribution in [3.05, 3.63) is 59.4 Å². The molecule has 2 aromatic carbocycles. The summed E-state index contributed by atoms with van der Waals surface area (Å²) < 4.78 is 2.10. The Morgan fingerprint density at radius 2 is 2.03 bits per heavy atom. The lowest BCUT2D eigenvalue weighted by Crippen LogP contribution is -2.65. The van der Waals surface area contributed by atoms with Gasteiger partial charge in [-0.1, -0.05) is 12.1 Å². The highest BCUT2D eigenvalue weighted by molar-refractivity contribution is 5.97. The van der Waals surface area contributed by atoms with Crippen molar-refractivity contribution in [1.82, 2.24) is 19.8 Å². The third kappa shape index (κ3) is 3.04. The van der Waals surface area contributed by atoms with E-state index in [0.717, 1.165) is 23.3 Å². The highest BCUT2D eigenvalue weighted by atomic mass is 16.1. The molecule has 0 radical (unpaired) electrons. The number of nitrogens with zero attached hydrogens (tertiary/aromatic N) is 3. The Morgan fingerprint density at radius 3 is 2.76 bits per heavy atom. The number of carbonyl (C=O) groups is 1. The molecule has 1 saturated heterocycles. The lowest BCUT2D eigenvalue weighted by molar-refractivity contribution is -0.0859. The zero-order valence-electron chi connectivity index (χ0n) is 17.4. The molecule has 5 heteroatoms. The van der Waals surface area contributed by atoms with E-state index in [4.69, 9.17) is 0 Å². The van der Waals surface area contributed by atoms with Crippen molar-refractivity contribution in [1.29, 1.82) is 0 Å². The van der Waals surface area contributed by atoms with Crippen LogP contribution in [-0.2, 0) is 0 Å². The van der Waals surface area contributed by atoms with Gasteiger partial charge in [0.05, 0.1) is 16.7 Å². The van der Waals surface area contributed by atoms with Crippen molar-refractivity contribution in [2.45, 2.75) is 38.6 Å². The standard InChI is InChI=1S/C24H28N4O/c1-16-4-5-17(2)22(10-16)28-15-26-20-11-19(6-7-21(20)28)23(29)25-14-18-12-24(13-18)8-9-27(24)3/h4-7,10-11,15,18H,8-9,12-14H2,1-3H3,(H,25,29). The summed E-state index contributed by atoms with van der Waals surface area (Å²) in [6.45, 7) is 6.18. The molecule has 1 aliphatic carbocycles. The van der Waals surface area contributed by atoms with E-state index in [9.17, 15) is 4.79 Å². The van der Waals surface area contributed by atoms with Gasteiger partial charge in [0.15, 0.2) is 0 Å². The molecule has 0 bridgehead atoms. The molecule has 1 N–H and O–H groups in total. The topological polar surface area (TPSA) is 50.2 Å². The number of aromatic nitrogens is 2. The van der Waals surface area contributed by atoms with Gasteiger partial charge in [-0.2, -0.15) is 0 Å². The second-order valence-corrected chi connectivity index (χ2v) is 8.99. The number of imidazole rings is 1. The van der Waals surface area contributed by atoms with Crippen LogP contribution < -0.4 is 5.32 Å². The van der Waals surface area contributed by atoms with Crippen molar-refractivity contribution >= 4 is 16.9 Å². The zero-order valence-corrected chi connectivity index (χ0v) is 17.4. The Labute approximate surface area is 171 Å². The minimum Gasteiger partial charge on any atom is -0.352 e. The molecular weight excluding hydrogens is 360 g/mol. The van der Waals surface area contributed by atoms with Gasteiger partial charge in [-0.25, -0.2) is 4.98 Å². The smallest absolute Gasteiger partial charge is 0.251 e. The second-order valence-electron chi connectivity index (χ2n) is 8.99. The first-order chi connectivity index (χ1) is 13.9. The molecule has 1 saturated carbocycles. The van der Waals surface area contributed by atoms with Crippen LogP contribution in [0.25, 0.3) is 16.7 Å². The van der Waals surface area contributed by atoms with Gasteiger partial charge in [-0.05, 0) is 81.5 Å². The predicted molar refractivity (Wildman–Crippen MR) is 116 cm³/mol. The van der Waals surface area contributed by atoms with Gasteiger partial charge in [0.1, 0.15) is 6.33 Å². The molecule has 1 spiro atoms. The minimum atomic E-state index is -0.00361. The van der Waals surface area contributed by atoms with Crippen molar-refractivity contribution < 1.29 is 4.79 Å². The van der Waals surface area contributed by atoms with E-state index in [1.807, 2.05) is 24.5 Å². The fourth-order valence-corrected chi connectivity index (χ4v) is 4.99. The molecule has 2 fully saturated rings. The van der Waals surface area contributed by atoms with Crippen LogP contribution in [0.3, 0.4) is 0 Å². The molecule has 1 aromatic heterocycles. The van der Waals surface area contributed by atoms with Crippen LogP contribution in [0.1, 0.15) is 40.7 Å². The fourth-order valence-electron chi connectivity index (χ4n) is 4.99. The number of likely N-dealkylation sites (tertiary alicyclic amines) is 1. The molecular formula is C24H28N4O. The Morgan fingerprint density at radius 1 is 1.21 bits per heavy atom. The molecule has 5 rings (SSSR count). The minimum absolute atomic E-state index is 0.00361. The number of nitrogens with one attached hydrogen (secondary N) is 1. The van der Waals surface area contributed by atoms with E-state index >= 15 is 0 Å². The molecule has 2 aliphatic rings. The predicted octanol–water partition coefficient (Wildman–Crippen LogP) is 3.86. The van der Waals surface area contributed by atoms with E-state index in [-0.39, 0.29) is 5.91 Å². The first-order valence-corrected chi connectivity index (χ1v) is 10.5. The van der Waals surface area contributed by atoms with E-state index < -0.39 is 0 Å². The lowest BCUT2D eigenvalue weighted by Gasteiger charge is -2.60. The average molecular weight is 389 g/mol. The van der Waals surface area contributed by atoms with Gasteiger partial charge in [0.2, 0.25) is 0 Å². The Kier molecular flexibility index (Phi) is 4.24. The summed E-state index contributed by atoms with van der Waals surface area (Å²) in [5.74, 6) is 0.602. The van der Waals surface area contributed by atoms with Crippen molar-refractivity contribution in [3.63, 3.8) is 0 Å². The van der Waals surface area contributed by atoms with Crippen molar-refractivity contribution in [2.24, 2.45) is 5.92 Å². The molecule has 0 atom stereocenters. The molecule has 29 heavy (non-hydrogen) atoms. The van der Waals surface area contributed by atoms with Gasteiger partial charge >= 0.3 is 0 Å². The first-order valence-electron chi connectivity index (χ1n) is 10.5. The number of hydrogen-bond acceptors (Lipinski definition) is 3. The van der Waals surface area contributed by atoms with E-state index in [1.54, 1.807) is 0 Å². The van der Waals surface area contributed by atoms with Crippen molar-refractivity contribution in [2.75, 3.05) is 20.1 Å². The van der Waals surface area contributed by atoms with Gasteiger partial charge < -0.3 is 10.2 Å².